The van der Waals surface area contributed by atoms with Crippen LogP contribution in [-0.2, 0) is 4.79 Å². The van der Waals surface area contributed by atoms with E-state index in [2.05, 4.69) is 30.4 Å². The molecule has 0 aromatic rings. The standard InChI is InChI=1S/C12H24N2OS/c1-4-8-13-12(15)9-14(2)10-6-5-7-11(10)16-3/h10-11H,4-9H2,1-3H3,(H,13,15). The Morgan fingerprint density at radius 2 is 2.25 bits per heavy atom. The summed E-state index contributed by atoms with van der Waals surface area (Å²) in [6.07, 6.45) is 7.02. The Labute approximate surface area is 103 Å². The van der Waals surface area contributed by atoms with Crippen LogP contribution in [0.2, 0.25) is 0 Å². The van der Waals surface area contributed by atoms with Crippen molar-refractivity contribution in [3.05, 3.63) is 0 Å². The molecule has 0 aliphatic heterocycles. The van der Waals surface area contributed by atoms with Crippen molar-refractivity contribution < 1.29 is 4.79 Å². The van der Waals surface area contributed by atoms with E-state index in [0.717, 1.165) is 13.0 Å². The fourth-order valence-corrected chi connectivity index (χ4v) is 3.41. The second kappa shape index (κ2) is 7.17. The average molecular weight is 244 g/mol. The van der Waals surface area contributed by atoms with Crippen LogP contribution >= 0.6 is 11.8 Å². The van der Waals surface area contributed by atoms with E-state index in [1.54, 1.807) is 0 Å². The summed E-state index contributed by atoms with van der Waals surface area (Å²) in [6, 6.07) is 0.586. The number of rotatable bonds is 6. The Morgan fingerprint density at radius 1 is 1.50 bits per heavy atom. The molecule has 1 aliphatic carbocycles. The van der Waals surface area contributed by atoms with Crippen LogP contribution in [0.4, 0.5) is 0 Å². The van der Waals surface area contributed by atoms with E-state index in [4.69, 9.17) is 0 Å². The molecule has 2 atom stereocenters. The second-order valence-electron chi connectivity index (χ2n) is 4.54. The van der Waals surface area contributed by atoms with Crippen molar-refractivity contribution in [3.63, 3.8) is 0 Å². The zero-order valence-corrected chi connectivity index (χ0v) is 11.5. The number of hydrogen-bond donors (Lipinski definition) is 1. The van der Waals surface area contributed by atoms with Crippen LogP contribution in [0.25, 0.3) is 0 Å². The molecule has 1 saturated carbocycles. The quantitative estimate of drug-likeness (QED) is 0.772. The minimum absolute atomic E-state index is 0.163. The maximum atomic E-state index is 11.6. The second-order valence-corrected chi connectivity index (χ2v) is 5.61. The molecule has 0 aromatic heterocycles. The van der Waals surface area contributed by atoms with Crippen LogP contribution < -0.4 is 5.32 Å². The van der Waals surface area contributed by atoms with E-state index in [1.807, 2.05) is 11.8 Å². The van der Waals surface area contributed by atoms with Crippen molar-refractivity contribution in [2.24, 2.45) is 0 Å². The van der Waals surface area contributed by atoms with Gasteiger partial charge in [-0.1, -0.05) is 13.3 Å². The van der Waals surface area contributed by atoms with E-state index in [-0.39, 0.29) is 5.91 Å². The van der Waals surface area contributed by atoms with Gasteiger partial charge in [0.2, 0.25) is 5.91 Å². The predicted molar refractivity (Wildman–Crippen MR) is 70.9 cm³/mol. The molecule has 2 unspecified atom stereocenters. The molecular weight excluding hydrogens is 220 g/mol. The molecule has 0 aromatic carbocycles. The number of thioether (sulfide) groups is 1. The van der Waals surface area contributed by atoms with Crippen LogP contribution in [0, 0.1) is 0 Å². The number of carbonyl (C=O) groups is 1. The molecule has 0 saturated heterocycles. The summed E-state index contributed by atoms with van der Waals surface area (Å²) in [6.45, 7) is 3.41. The molecule has 0 bridgehead atoms. The summed E-state index contributed by atoms with van der Waals surface area (Å²) in [5.74, 6) is 0.163. The lowest BCUT2D eigenvalue weighted by molar-refractivity contribution is -0.122. The van der Waals surface area contributed by atoms with Gasteiger partial charge in [0, 0.05) is 17.8 Å². The highest BCUT2D eigenvalue weighted by Crippen LogP contribution is 2.31. The summed E-state index contributed by atoms with van der Waals surface area (Å²) in [7, 11) is 2.07. The molecule has 0 spiro atoms. The molecule has 1 N–H and O–H groups in total. The number of hydrogen-bond acceptors (Lipinski definition) is 3. The molecule has 0 heterocycles. The normalized spacial score (nSPS) is 25.0. The highest BCUT2D eigenvalue weighted by molar-refractivity contribution is 7.99. The number of nitrogens with one attached hydrogen (secondary N) is 1. The monoisotopic (exact) mass is 244 g/mol. The van der Waals surface area contributed by atoms with Crippen LogP contribution in [0.5, 0.6) is 0 Å². The lowest BCUT2D eigenvalue weighted by Gasteiger charge is -2.28. The summed E-state index contributed by atoms with van der Waals surface area (Å²) < 4.78 is 0. The molecule has 94 valence electrons. The molecule has 4 heteroatoms. The Kier molecular flexibility index (Phi) is 6.21. The zero-order valence-electron chi connectivity index (χ0n) is 10.7. The zero-order chi connectivity index (χ0) is 12.0. The number of likely N-dealkylation sites (N-methyl/N-ethyl adjacent to an activating group) is 1. The molecule has 1 fully saturated rings. The van der Waals surface area contributed by atoms with Gasteiger partial charge in [0.25, 0.3) is 0 Å². The fraction of sp³-hybridized carbons (Fsp3) is 0.917. The van der Waals surface area contributed by atoms with Gasteiger partial charge in [0.15, 0.2) is 0 Å². The van der Waals surface area contributed by atoms with Crippen LogP contribution in [0.15, 0.2) is 0 Å². The Bertz CT molecular complexity index is 223. The smallest absolute Gasteiger partial charge is 0.234 e. The molecule has 1 rings (SSSR count). The Hall–Kier alpha value is -0.220. The van der Waals surface area contributed by atoms with E-state index in [9.17, 15) is 4.79 Å². The first kappa shape index (κ1) is 13.8. The van der Waals surface area contributed by atoms with Crippen molar-refractivity contribution in [1.29, 1.82) is 0 Å². The topological polar surface area (TPSA) is 32.3 Å². The number of carbonyl (C=O) groups excluding carboxylic acids is 1. The third-order valence-electron chi connectivity index (χ3n) is 3.25. The first-order chi connectivity index (χ1) is 7.69. The highest BCUT2D eigenvalue weighted by Gasteiger charge is 2.30. The maximum absolute atomic E-state index is 11.6. The Balaban J connectivity index is 2.33. The van der Waals surface area contributed by atoms with Crippen molar-refractivity contribution in [2.75, 3.05) is 26.4 Å². The van der Waals surface area contributed by atoms with Gasteiger partial charge in [-0.2, -0.15) is 11.8 Å². The third kappa shape index (κ3) is 3.98. The van der Waals surface area contributed by atoms with Crippen molar-refractivity contribution in [2.45, 2.75) is 43.9 Å². The predicted octanol–water partition coefficient (Wildman–Crippen LogP) is 1.73. The maximum Gasteiger partial charge on any atom is 0.234 e. The summed E-state index contributed by atoms with van der Waals surface area (Å²) >= 11 is 1.94. The largest absolute Gasteiger partial charge is 0.355 e. The first-order valence-corrected chi connectivity index (χ1v) is 7.47. The molecule has 0 radical (unpaired) electrons. The summed E-state index contributed by atoms with van der Waals surface area (Å²) in [5, 5.41) is 3.64. The van der Waals surface area contributed by atoms with Crippen LogP contribution in [-0.4, -0.2) is 48.5 Å². The lowest BCUT2D eigenvalue weighted by atomic mass is 10.2. The molecule has 16 heavy (non-hydrogen) atoms. The summed E-state index contributed by atoms with van der Waals surface area (Å²) in [5.41, 5.74) is 0. The van der Waals surface area contributed by atoms with E-state index in [0.29, 0.717) is 17.8 Å². The lowest BCUT2D eigenvalue weighted by Crippen LogP contribution is -2.43. The molecule has 3 nitrogen and oxygen atoms in total. The van der Waals surface area contributed by atoms with Gasteiger partial charge in [-0.3, -0.25) is 9.69 Å². The van der Waals surface area contributed by atoms with E-state index in [1.165, 1.54) is 19.3 Å². The SMILES string of the molecule is CCCNC(=O)CN(C)C1CCCC1SC. The van der Waals surface area contributed by atoms with Crippen molar-refractivity contribution in [1.82, 2.24) is 10.2 Å². The van der Waals surface area contributed by atoms with Crippen molar-refractivity contribution in [3.8, 4) is 0 Å². The minimum Gasteiger partial charge on any atom is -0.355 e. The molecule has 1 amide bonds. The molecular formula is C12H24N2OS. The van der Waals surface area contributed by atoms with Crippen LogP contribution in [0.1, 0.15) is 32.6 Å². The van der Waals surface area contributed by atoms with E-state index >= 15 is 0 Å². The Morgan fingerprint density at radius 3 is 2.88 bits per heavy atom. The number of amides is 1. The van der Waals surface area contributed by atoms with Gasteiger partial charge in [-0.05, 0) is 32.6 Å². The molecule has 1 aliphatic rings. The van der Waals surface area contributed by atoms with E-state index < -0.39 is 0 Å². The van der Waals surface area contributed by atoms with Gasteiger partial charge in [0.1, 0.15) is 0 Å². The highest BCUT2D eigenvalue weighted by atomic mass is 32.2. The third-order valence-corrected chi connectivity index (χ3v) is 4.41. The van der Waals surface area contributed by atoms with Gasteiger partial charge in [-0.15, -0.1) is 0 Å². The van der Waals surface area contributed by atoms with Gasteiger partial charge in [0.05, 0.1) is 6.54 Å². The number of nitrogens with zero attached hydrogens (tertiary/aromatic N) is 1. The average Bonchev–Trinajstić information content (AvgIpc) is 2.74. The van der Waals surface area contributed by atoms with Gasteiger partial charge < -0.3 is 5.32 Å². The van der Waals surface area contributed by atoms with Gasteiger partial charge >= 0.3 is 0 Å². The van der Waals surface area contributed by atoms with Crippen LogP contribution in [0.3, 0.4) is 0 Å². The van der Waals surface area contributed by atoms with Gasteiger partial charge in [-0.25, -0.2) is 0 Å². The summed E-state index contributed by atoms with van der Waals surface area (Å²) in [4.78, 5) is 13.8. The first-order valence-electron chi connectivity index (χ1n) is 6.18. The fourth-order valence-electron chi connectivity index (χ4n) is 2.35. The minimum atomic E-state index is 0.163. The van der Waals surface area contributed by atoms with Crippen molar-refractivity contribution >= 4 is 17.7 Å².